The van der Waals surface area contributed by atoms with Crippen LogP contribution in [0, 0.1) is 0 Å². The number of nitrogens with zero attached hydrogens (tertiary/aromatic N) is 1. The molecule has 1 atom stereocenters. The van der Waals surface area contributed by atoms with E-state index in [9.17, 15) is 9.90 Å². The first kappa shape index (κ1) is 26.4. The summed E-state index contributed by atoms with van der Waals surface area (Å²) in [6.07, 6.45) is 1.88. The van der Waals surface area contributed by atoms with Gasteiger partial charge in [-0.1, -0.05) is 23.4 Å². The number of amides is 1. The van der Waals surface area contributed by atoms with Gasteiger partial charge in [0.2, 0.25) is 11.7 Å². The molecule has 1 aromatic heterocycles. The molecule has 4 N–H and O–H groups in total. The van der Waals surface area contributed by atoms with E-state index in [4.69, 9.17) is 29.2 Å². The molecule has 0 aliphatic carbocycles. The SMILES string of the molecule is COc1ccc(-c2cnoc2-c2cc(OC)c(OC)c(OC)c2)cc1NC(=O)C(N)Cc1ccc(O)cc1. The highest BCUT2D eigenvalue weighted by molar-refractivity contribution is 5.97. The van der Waals surface area contributed by atoms with Crippen LogP contribution >= 0.6 is 0 Å². The number of nitrogens with one attached hydrogen (secondary N) is 1. The monoisotopic (exact) mass is 519 g/mol. The smallest absolute Gasteiger partial charge is 0.241 e. The van der Waals surface area contributed by atoms with Crippen molar-refractivity contribution < 1.29 is 33.4 Å². The third-order valence-electron chi connectivity index (χ3n) is 5.99. The van der Waals surface area contributed by atoms with Crippen LogP contribution < -0.4 is 30.0 Å². The molecule has 1 amide bonds. The van der Waals surface area contributed by atoms with E-state index in [1.807, 2.05) is 6.07 Å². The second-order valence-electron chi connectivity index (χ2n) is 8.36. The van der Waals surface area contributed by atoms with Gasteiger partial charge < -0.3 is 39.6 Å². The van der Waals surface area contributed by atoms with Gasteiger partial charge in [-0.15, -0.1) is 0 Å². The Morgan fingerprint density at radius 2 is 1.58 bits per heavy atom. The molecule has 3 aromatic carbocycles. The van der Waals surface area contributed by atoms with E-state index < -0.39 is 6.04 Å². The molecule has 0 saturated heterocycles. The third kappa shape index (κ3) is 5.50. The molecule has 198 valence electrons. The summed E-state index contributed by atoms with van der Waals surface area (Å²) in [6.45, 7) is 0. The fraction of sp³-hybridized carbons (Fsp3) is 0.214. The second-order valence-corrected chi connectivity index (χ2v) is 8.36. The third-order valence-corrected chi connectivity index (χ3v) is 5.99. The van der Waals surface area contributed by atoms with Gasteiger partial charge in [0, 0.05) is 11.1 Å². The Labute approximate surface area is 219 Å². The van der Waals surface area contributed by atoms with Gasteiger partial charge in [-0.25, -0.2) is 0 Å². The molecule has 1 heterocycles. The number of hydrogen-bond acceptors (Lipinski definition) is 9. The van der Waals surface area contributed by atoms with Crippen LogP contribution in [0.4, 0.5) is 5.69 Å². The number of aromatic hydroxyl groups is 1. The summed E-state index contributed by atoms with van der Waals surface area (Å²) in [5.74, 6) is 2.08. The highest BCUT2D eigenvalue weighted by atomic mass is 16.5. The van der Waals surface area contributed by atoms with Crippen LogP contribution in [-0.2, 0) is 11.2 Å². The zero-order valence-corrected chi connectivity index (χ0v) is 21.5. The number of carbonyl (C=O) groups is 1. The molecule has 0 aliphatic heterocycles. The highest BCUT2D eigenvalue weighted by Gasteiger charge is 2.21. The van der Waals surface area contributed by atoms with Gasteiger partial charge >= 0.3 is 0 Å². The number of rotatable bonds is 10. The minimum atomic E-state index is -0.821. The Balaban J connectivity index is 1.64. The first-order chi connectivity index (χ1) is 18.4. The summed E-state index contributed by atoms with van der Waals surface area (Å²) in [7, 11) is 6.12. The van der Waals surface area contributed by atoms with Gasteiger partial charge in [0.05, 0.1) is 46.4 Å². The fourth-order valence-corrected chi connectivity index (χ4v) is 4.04. The van der Waals surface area contributed by atoms with Crippen LogP contribution in [0.15, 0.2) is 65.3 Å². The van der Waals surface area contributed by atoms with Crippen molar-refractivity contribution in [2.24, 2.45) is 5.73 Å². The number of nitrogens with two attached hydrogens (primary N) is 1. The molecule has 0 radical (unpaired) electrons. The standard InChI is InChI=1S/C28H29N3O7/c1-34-23-10-7-17(12-22(23)31-28(33)21(29)11-16-5-8-19(32)9-6-16)20-15-30-38-26(20)18-13-24(35-2)27(37-4)25(14-18)36-3/h5-10,12-15,21,32H,11,29H2,1-4H3,(H,31,33). The summed E-state index contributed by atoms with van der Waals surface area (Å²) in [4.78, 5) is 12.9. The average Bonchev–Trinajstić information content (AvgIpc) is 3.43. The lowest BCUT2D eigenvalue weighted by molar-refractivity contribution is -0.117. The van der Waals surface area contributed by atoms with Crippen molar-refractivity contribution in [2.75, 3.05) is 33.8 Å². The summed E-state index contributed by atoms with van der Waals surface area (Å²) < 4.78 is 27.4. The summed E-state index contributed by atoms with van der Waals surface area (Å²) in [6, 6.07) is 14.6. The number of phenolic OH excluding ortho intramolecular Hbond substituents is 1. The Kier molecular flexibility index (Phi) is 8.03. The number of methoxy groups -OCH3 is 4. The molecule has 10 heteroatoms. The quantitative estimate of drug-likeness (QED) is 0.280. The van der Waals surface area contributed by atoms with Crippen LogP contribution in [0.3, 0.4) is 0 Å². The van der Waals surface area contributed by atoms with Gasteiger partial charge in [-0.2, -0.15) is 0 Å². The van der Waals surface area contributed by atoms with Crippen LogP contribution in [0.2, 0.25) is 0 Å². The maximum atomic E-state index is 12.9. The Morgan fingerprint density at radius 3 is 2.18 bits per heavy atom. The minimum absolute atomic E-state index is 0.146. The lowest BCUT2D eigenvalue weighted by Gasteiger charge is -2.16. The van der Waals surface area contributed by atoms with E-state index in [-0.39, 0.29) is 11.7 Å². The van der Waals surface area contributed by atoms with Crippen molar-refractivity contribution in [3.63, 3.8) is 0 Å². The van der Waals surface area contributed by atoms with Crippen LogP contribution in [-0.4, -0.2) is 50.7 Å². The average molecular weight is 520 g/mol. The molecule has 1 unspecified atom stereocenters. The molecule has 0 aliphatic rings. The molecule has 0 saturated carbocycles. The predicted octanol–water partition coefficient (Wildman–Crippen LogP) is 4.26. The lowest BCUT2D eigenvalue weighted by atomic mass is 10.0. The highest BCUT2D eigenvalue weighted by Crippen LogP contribution is 2.44. The predicted molar refractivity (Wildman–Crippen MR) is 142 cm³/mol. The van der Waals surface area contributed by atoms with Crippen molar-refractivity contribution in [3.8, 4) is 51.2 Å². The maximum absolute atomic E-state index is 12.9. The molecule has 4 aromatic rings. The number of aromatic nitrogens is 1. The van der Waals surface area contributed by atoms with Crippen LogP contribution in [0.1, 0.15) is 5.56 Å². The van der Waals surface area contributed by atoms with Crippen molar-refractivity contribution in [3.05, 3.63) is 66.4 Å². The molecule has 0 spiro atoms. The number of carbonyl (C=O) groups excluding carboxylic acids is 1. The molecular weight excluding hydrogens is 490 g/mol. The van der Waals surface area contributed by atoms with Crippen molar-refractivity contribution in [2.45, 2.75) is 12.5 Å². The zero-order valence-electron chi connectivity index (χ0n) is 21.5. The van der Waals surface area contributed by atoms with Crippen LogP contribution in [0.25, 0.3) is 22.5 Å². The fourth-order valence-electron chi connectivity index (χ4n) is 4.04. The van der Waals surface area contributed by atoms with Crippen molar-refractivity contribution >= 4 is 11.6 Å². The van der Waals surface area contributed by atoms with E-state index in [2.05, 4.69) is 10.5 Å². The van der Waals surface area contributed by atoms with E-state index in [1.54, 1.807) is 54.7 Å². The van der Waals surface area contributed by atoms with Gasteiger partial charge in [0.1, 0.15) is 11.5 Å². The molecule has 38 heavy (non-hydrogen) atoms. The summed E-state index contributed by atoms with van der Waals surface area (Å²) >= 11 is 0. The Bertz CT molecular complexity index is 1390. The van der Waals surface area contributed by atoms with E-state index in [0.29, 0.717) is 52.0 Å². The summed E-state index contributed by atoms with van der Waals surface area (Å²) in [5.41, 5.74) is 9.48. The summed E-state index contributed by atoms with van der Waals surface area (Å²) in [5, 5.41) is 16.3. The van der Waals surface area contributed by atoms with Crippen molar-refractivity contribution in [1.82, 2.24) is 5.16 Å². The number of hydrogen-bond donors (Lipinski definition) is 3. The van der Waals surface area contributed by atoms with Crippen molar-refractivity contribution in [1.29, 1.82) is 0 Å². The molecular formula is C28H29N3O7. The lowest BCUT2D eigenvalue weighted by Crippen LogP contribution is -2.37. The number of phenols is 1. The first-order valence-electron chi connectivity index (χ1n) is 11.7. The maximum Gasteiger partial charge on any atom is 0.241 e. The minimum Gasteiger partial charge on any atom is -0.508 e. The first-order valence-corrected chi connectivity index (χ1v) is 11.7. The van der Waals surface area contributed by atoms with Crippen LogP contribution in [0.5, 0.6) is 28.7 Å². The largest absolute Gasteiger partial charge is 0.508 e. The van der Waals surface area contributed by atoms with E-state index >= 15 is 0 Å². The van der Waals surface area contributed by atoms with Gasteiger partial charge in [0.25, 0.3) is 0 Å². The number of benzene rings is 3. The Morgan fingerprint density at radius 1 is 0.921 bits per heavy atom. The Hall–Kier alpha value is -4.70. The molecule has 4 rings (SSSR count). The number of anilines is 1. The number of ether oxygens (including phenoxy) is 4. The second kappa shape index (κ2) is 11.6. The normalized spacial score (nSPS) is 11.5. The van der Waals surface area contributed by atoms with Gasteiger partial charge in [-0.3, -0.25) is 4.79 Å². The molecule has 0 bridgehead atoms. The van der Waals surface area contributed by atoms with E-state index in [1.165, 1.54) is 28.4 Å². The topological polar surface area (TPSA) is 138 Å². The molecule has 10 nitrogen and oxygen atoms in total. The van der Waals surface area contributed by atoms with Gasteiger partial charge in [0.15, 0.2) is 17.3 Å². The molecule has 0 fully saturated rings. The van der Waals surface area contributed by atoms with Gasteiger partial charge in [-0.05, 0) is 53.9 Å². The zero-order chi connectivity index (χ0) is 27.2. The van der Waals surface area contributed by atoms with E-state index in [0.717, 1.165) is 11.1 Å².